The van der Waals surface area contributed by atoms with Gasteiger partial charge in [0.1, 0.15) is 5.82 Å². The van der Waals surface area contributed by atoms with Crippen LogP contribution in [-0.2, 0) is 6.54 Å². The Labute approximate surface area is 133 Å². The summed E-state index contributed by atoms with van der Waals surface area (Å²) in [5, 5.41) is 3.45. The summed E-state index contributed by atoms with van der Waals surface area (Å²) in [6.45, 7) is 2.71. The molecule has 0 bridgehead atoms. The summed E-state index contributed by atoms with van der Waals surface area (Å²) in [7, 11) is 0. The van der Waals surface area contributed by atoms with Gasteiger partial charge in [-0.25, -0.2) is 4.39 Å². The Kier molecular flexibility index (Phi) is 4.41. The van der Waals surface area contributed by atoms with Crippen LogP contribution in [0.2, 0.25) is 0 Å². The Bertz CT molecular complexity index is 618. The molecular formula is C18H19BrFN. The van der Waals surface area contributed by atoms with E-state index in [1.165, 1.54) is 17.2 Å². The van der Waals surface area contributed by atoms with E-state index in [0.717, 1.165) is 22.9 Å². The van der Waals surface area contributed by atoms with E-state index in [0.29, 0.717) is 18.5 Å². The molecule has 0 spiro atoms. The molecule has 0 atom stereocenters. The number of nitrogens with one attached hydrogen (secondary N) is 1. The standard InChI is InChI=1S/C18H19BrFN/c1-12-2-4-13(5-3-12)14-9-17(10-14)21-11-15-8-16(19)6-7-18(15)20/h2-8,14,17,21H,9-11H2,1H3. The molecule has 0 amide bonds. The topological polar surface area (TPSA) is 12.0 Å². The minimum Gasteiger partial charge on any atom is -0.310 e. The number of benzene rings is 2. The highest BCUT2D eigenvalue weighted by atomic mass is 79.9. The van der Waals surface area contributed by atoms with E-state index in [-0.39, 0.29) is 5.82 Å². The Morgan fingerprint density at radius 2 is 1.86 bits per heavy atom. The van der Waals surface area contributed by atoms with Gasteiger partial charge in [0, 0.05) is 22.6 Å². The van der Waals surface area contributed by atoms with Crippen molar-refractivity contribution in [3.8, 4) is 0 Å². The molecule has 1 fully saturated rings. The van der Waals surface area contributed by atoms with E-state index in [1.54, 1.807) is 6.07 Å². The zero-order valence-electron chi connectivity index (χ0n) is 12.1. The summed E-state index contributed by atoms with van der Waals surface area (Å²) in [5.74, 6) is 0.510. The molecule has 1 saturated carbocycles. The summed E-state index contributed by atoms with van der Waals surface area (Å²) in [4.78, 5) is 0. The van der Waals surface area contributed by atoms with E-state index in [4.69, 9.17) is 0 Å². The molecule has 0 heterocycles. The quantitative estimate of drug-likeness (QED) is 0.826. The molecule has 1 aliphatic carbocycles. The van der Waals surface area contributed by atoms with Crippen molar-refractivity contribution < 1.29 is 4.39 Å². The average Bonchev–Trinajstić information content (AvgIpc) is 2.42. The number of halogens is 2. The predicted octanol–water partition coefficient (Wildman–Crippen LogP) is 4.93. The Balaban J connectivity index is 1.51. The average molecular weight is 348 g/mol. The fourth-order valence-electron chi connectivity index (χ4n) is 2.83. The third-order valence-corrected chi connectivity index (χ3v) is 4.77. The van der Waals surface area contributed by atoms with Crippen LogP contribution in [0, 0.1) is 12.7 Å². The first-order chi connectivity index (χ1) is 10.1. The van der Waals surface area contributed by atoms with Gasteiger partial charge in [0.25, 0.3) is 0 Å². The van der Waals surface area contributed by atoms with Crippen LogP contribution in [0.15, 0.2) is 46.9 Å². The molecule has 110 valence electrons. The van der Waals surface area contributed by atoms with Crippen molar-refractivity contribution in [2.24, 2.45) is 0 Å². The van der Waals surface area contributed by atoms with E-state index < -0.39 is 0 Å². The second-order valence-electron chi connectivity index (χ2n) is 5.89. The number of rotatable bonds is 4. The van der Waals surface area contributed by atoms with Gasteiger partial charge in [0.2, 0.25) is 0 Å². The first kappa shape index (κ1) is 14.7. The van der Waals surface area contributed by atoms with Crippen LogP contribution in [0.5, 0.6) is 0 Å². The van der Waals surface area contributed by atoms with Crippen LogP contribution in [0.4, 0.5) is 4.39 Å². The molecule has 0 aromatic heterocycles. The zero-order valence-corrected chi connectivity index (χ0v) is 13.7. The minimum absolute atomic E-state index is 0.139. The van der Waals surface area contributed by atoms with E-state index in [1.807, 2.05) is 6.07 Å². The molecule has 0 aliphatic heterocycles. The molecule has 1 nitrogen and oxygen atoms in total. The normalized spacial score (nSPS) is 21.1. The van der Waals surface area contributed by atoms with Gasteiger partial charge in [0.05, 0.1) is 0 Å². The van der Waals surface area contributed by atoms with Gasteiger partial charge in [0.15, 0.2) is 0 Å². The highest BCUT2D eigenvalue weighted by Crippen LogP contribution is 2.37. The molecule has 3 rings (SSSR count). The molecule has 1 aliphatic rings. The van der Waals surface area contributed by atoms with Gasteiger partial charge >= 0.3 is 0 Å². The van der Waals surface area contributed by atoms with Gasteiger partial charge in [-0.1, -0.05) is 45.8 Å². The van der Waals surface area contributed by atoms with Crippen molar-refractivity contribution in [1.29, 1.82) is 0 Å². The molecule has 0 saturated heterocycles. The van der Waals surface area contributed by atoms with Gasteiger partial charge < -0.3 is 5.32 Å². The van der Waals surface area contributed by atoms with Crippen LogP contribution >= 0.6 is 15.9 Å². The summed E-state index contributed by atoms with van der Waals surface area (Å²) in [6, 6.07) is 14.4. The molecule has 2 aromatic carbocycles. The third kappa shape index (κ3) is 3.53. The van der Waals surface area contributed by atoms with E-state index >= 15 is 0 Å². The van der Waals surface area contributed by atoms with Gasteiger partial charge in [-0.05, 0) is 49.4 Å². The van der Waals surface area contributed by atoms with E-state index in [2.05, 4.69) is 52.4 Å². The van der Waals surface area contributed by atoms with Gasteiger partial charge in [-0.3, -0.25) is 0 Å². The second kappa shape index (κ2) is 6.29. The second-order valence-corrected chi connectivity index (χ2v) is 6.81. The smallest absolute Gasteiger partial charge is 0.127 e. The summed E-state index contributed by atoms with van der Waals surface area (Å²) >= 11 is 3.39. The number of hydrogen-bond donors (Lipinski definition) is 1. The summed E-state index contributed by atoms with van der Waals surface area (Å²) in [5.41, 5.74) is 3.45. The maximum atomic E-state index is 13.7. The summed E-state index contributed by atoms with van der Waals surface area (Å²) < 4.78 is 14.6. The van der Waals surface area contributed by atoms with Crippen molar-refractivity contribution in [2.75, 3.05) is 0 Å². The summed E-state index contributed by atoms with van der Waals surface area (Å²) in [6.07, 6.45) is 2.28. The lowest BCUT2D eigenvalue weighted by atomic mass is 9.75. The van der Waals surface area contributed by atoms with Crippen molar-refractivity contribution in [3.05, 3.63) is 69.4 Å². The molecule has 21 heavy (non-hydrogen) atoms. The van der Waals surface area contributed by atoms with Crippen molar-refractivity contribution in [3.63, 3.8) is 0 Å². The number of aryl methyl sites for hydroxylation is 1. The van der Waals surface area contributed by atoms with Gasteiger partial charge in [-0.15, -0.1) is 0 Å². The van der Waals surface area contributed by atoms with Crippen LogP contribution in [0.1, 0.15) is 35.4 Å². The van der Waals surface area contributed by atoms with Gasteiger partial charge in [-0.2, -0.15) is 0 Å². The molecular weight excluding hydrogens is 329 g/mol. The van der Waals surface area contributed by atoms with Crippen molar-refractivity contribution in [2.45, 2.75) is 38.3 Å². The Morgan fingerprint density at radius 3 is 2.57 bits per heavy atom. The highest BCUT2D eigenvalue weighted by Gasteiger charge is 2.29. The zero-order chi connectivity index (χ0) is 14.8. The van der Waals surface area contributed by atoms with Crippen LogP contribution in [0.25, 0.3) is 0 Å². The maximum absolute atomic E-state index is 13.7. The fourth-order valence-corrected chi connectivity index (χ4v) is 3.24. The van der Waals surface area contributed by atoms with Crippen molar-refractivity contribution >= 4 is 15.9 Å². The number of hydrogen-bond acceptors (Lipinski definition) is 1. The monoisotopic (exact) mass is 347 g/mol. The lowest BCUT2D eigenvalue weighted by Crippen LogP contribution is -2.39. The molecule has 0 unspecified atom stereocenters. The van der Waals surface area contributed by atoms with Crippen LogP contribution in [-0.4, -0.2) is 6.04 Å². The molecule has 1 N–H and O–H groups in total. The van der Waals surface area contributed by atoms with Crippen LogP contribution in [0.3, 0.4) is 0 Å². The van der Waals surface area contributed by atoms with Crippen LogP contribution < -0.4 is 5.32 Å². The lowest BCUT2D eigenvalue weighted by molar-refractivity contribution is 0.288. The first-order valence-electron chi connectivity index (χ1n) is 7.35. The Hall–Kier alpha value is -1.19. The Morgan fingerprint density at radius 1 is 1.14 bits per heavy atom. The molecule has 3 heteroatoms. The third-order valence-electron chi connectivity index (χ3n) is 4.28. The van der Waals surface area contributed by atoms with Crippen molar-refractivity contribution in [1.82, 2.24) is 5.32 Å². The lowest BCUT2D eigenvalue weighted by Gasteiger charge is -2.36. The fraction of sp³-hybridized carbons (Fsp3) is 0.333. The van der Waals surface area contributed by atoms with E-state index in [9.17, 15) is 4.39 Å². The SMILES string of the molecule is Cc1ccc(C2CC(NCc3cc(Br)ccc3F)C2)cc1. The predicted molar refractivity (Wildman–Crippen MR) is 87.9 cm³/mol. The molecule has 0 radical (unpaired) electrons. The minimum atomic E-state index is -0.139. The highest BCUT2D eigenvalue weighted by molar-refractivity contribution is 9.10. The first-order valence-corrected chi connectivity index (χ1v) is 8.15. The largest absolute Gasteiger partial charge is 0.310 e. The maximum Gasteiger partial charge on any atom is 0.127 e. The molecule has 2 aromatic rings.